The molecule has 0 bridgehead atoms. The van der Waals surface area contributed by atoms with Crippen LogP contribution in [0.4, 0.5) is 4.79 Å². The van der Waals surface area contributed by atoms with Crippen molar-refractivity contribution >= 4 is 23.7 Å². The van der Waals surface area contributed by atoms with E-state index in [9.17, 15) is 9.59 Å². The van der Waals surface area contributed by atoms with Crippen LogP contribution >= 0.6 is 11.6 Å². The van der Waals surface area contributed by atoms with Crippen molar-refractivity contribution in [1.29, 1.82) is 0 Å². The topological polar surface area (TPSA) is 81.9 Å². The summed E-state index contributed by atoms with van der Waals surface area (Å²) in [6.07, 6.45) is 0.323. The second-order valence-corrected chi connectivity index (χ2v) is 6.07. The average molecular weight is 289 g/mol. The minimum Gasteiger partial charge on any atom is -0.428 e. The molecule has 106 valence electrons. The Morgan fingerprint density at radius 3 is 2.68 bits per heavy atom. The van der Waals surface area contributed by atoms with Crippen molar-refractivity contribution < 1.29 is 19.1 Å². The van der Waals surface area contributed by atoms with Gasteiger partial charge in [-0.3, -0.25) is 9.69 Å². The largest absolute Gasteiger partial charge is 0.515 e. The number of hydrogen-bond acceptors (Lipinski definition) is 5. The highest BCUT2D eigenvalue weighted by Crippen LogP contribution is 2.37. The van der Waals surface area contributed by atoms with E-state index in [0.29, 0.717) is 17.9 Å². The smallest absolute Gasteiger partial charge is 0.428 e. The van der Waals surface area contributed by atoms with Crippen LogP contribution < -0.4 is 5.73 Å². The van der Waals surface area contributed by atoms with Crippen LogP contribution in [0.5, 0.6) is 0 Å². The fourth-order valence-electron chi connectivity index (χ4n) is 2.09. The summed E-state index contributed by atoms with van der Waals surface area (Å²) in [6.45, 7) is 5.16. The van der Waals surface area contributed by atoms with E-state index >= 15 is 0 Å². The minimum absolute atomic E-state index is 0.0545. The first-order chi connectivity index (χ1) is 8.70. The summed E-state index contributed by atoms with van der Waals surface area (Å²) in [4.78, 5) is 24.7. The van der Waals surface area contributed by atoms with E-state index < -0.39 is 17.8 Å². The second kappa shape index (κ2) is 4.68. The van der Waals surface area contributed by atoms with Crippen LogP contribution in [0.25, 0.3) is 0 Å². The molecule has 6 nitrogen and oxygen atoms in total. The van der Waals surface area contributed by atoms with E-state index in [1.165, 1.54) is 4.90 Å². The average Bonchev–Trinajstić information content (AvgIpc) is 2.28. The number of hydrogen-bond donors (Lipinski definition) is 1. The maximum Gasteiger partial charge on any atom is 0.515 e. The summed E-state index contributed by atoms with van der Waals surface area (Å²) in [5, 5.41) is 0.336. The molecular weight excluding hydrogens is 272 g/mol. The lowest BCUT2D eigenvalue weighted by Gasteiger charge is -2.47. The molecule has 2 N–H and O–H groups in total. The van der Waals surface area contributed by atoms with Gasteiger partial charge in [-0.2, -0.15) is 0 Å². The third kappa shape index (κ3) is 2.69. The molecule has 1 saturated heterocycles. The minimum atomic E-state index is -0.880. The molecule has 0 aromatic heterocycles. The number of fused-ring (bicyclic) bond motifs is 1. The number of carbonyl (C=O) groups excluding carboxylic acids is 2. The zero-order valence-corrected chi connectivity index (χ0v) is 11.9. The zero-order chi connectivity index (χ0) is 14.4. The fraction of sp³-hybridized carbons (Fsp3) is 0.667. The first-order valence-electron chi connectivity index (χ1n) is 6.09. The van der Waals surface area contributed by atoms with E-state index in [-0.39, 0.29) is 17.8 Å². The third-order valence-electron chi connectivity index (χ3n) is 2.95. The van der Waals surface area contributed by atoms with Gasteiger partial charge in [0.2, 0.25) is 11.8 Å². The monoisotopic (exact) mass is 288 g/mol. The number of halogens is 1. The van der Waals surface area contributed by atoms with Gasteiger partial charge in [0.05, 0.1) is 11.1 Å². The second-order valence-electron chi connectivity index (χ2n) is 5.62. The highest BCUT2D eigenvalue weighted by atomic mass is 35.5. The molecule has 0 saturated carbocycles. The number of nitrogens with zero attached hydrogens (tertiary/aromatic N) is 1. The van der Waals surface area contributed by atoms with E-state index in [0.717, 1.165) is 0 Å². The van der Waals surface area contributed by atoms with Crippen LogP contribution in [0.1, 0.15) is 33.6 Å². The summed E-state index contributed by atoms with van der Waals surface area (Å²) in [5.41, 5.74) is 5.02. The van der Waals surface area contributed by atoms with Crippen molar-refractivity contribution in [2.24, 2.45) is 5.73 Å². The van der Waals surface area contributed by atoms with Crippen molar-refractivity contribution in [3.63, 3.8) is 0 Å². The molecule has 2 aliphatic rings. The van der Waals surface area contributed by atoms with Gasteiger partial charge in [0.1, 0.15) is 11.6 Å². The van der Waals surface area contributed by atoms with Gasteiger partial charge in [0.25, 0.3) is 0 Å². The van der Waals surface area contributed by atoms with Crippen molar-refractivity contribution in [3.05, 3.63) is 10.9 Å². The molecule has 2 rings (SSSR count). The van der Waals surface area contributed by atoms with Crippen LogP contribution in [0, 0.1) is 0 Å². The van der Waals surface area contributed by atoms with Gasteiger partial charge < -0.3 is 15.2 Å². The standard InChI is InChI=1S/C12H17ClN2O4/c1-12(2,3)19-11(17)18-10-6(13)4-5-7-8(14)9(16)15(7)10/h7-8H,4-5,14H2,1-3H3/t7-,8-/m0/s1. The van der Waals surface area contributed by atoms with E-state index in [1.54, 1.807) is 20.8 Å². The summed E-state index contributed by atoms with van der Waals surface area (Å²) < 4.78 is 10.1. The van der Waals surface area contributed by atoms with Crippen molar-refractivity contribution in [2.75, 3.05) is 0 Å². The Hall–Kier alpha value is -1.27. The maximum absolute atomic E-state index is 11.7. The molecule has 0 spiro atoms. The van der Waals surface area contributed by atoms with Crippen LogP contribution in [-0.2, 0) is 14.3 Å². The number of rotatable bonds is 1. The summed E-state index contributed by atoms with van der Waals surface area (Å²) >= 11 is 6.02. The molecule has 0 aliphatic carbocycles. The fourth-order valence-corrected chi connectivity index (χ4v) is 2.33. The SMILES string of the molecule is CC(C)(C)OC(=O)OC1=C(Cl)CC[C@H]2[C@H](N)C(=O)N12. The van der Waals surface area contributed by atoms with Gasteiger partial charge in [0.15, 0.2) is 0 Å². The van der Waals surface area contributed by atoms with Gasteiger partial charge in [-0.1, -0.05) is 11.6 Å². The molecule has 0 radical (unpaired) electrons. The molecule has 7 heteroatoms. The van der Waals surface area contributed by atoms with Gasteiger partial charge in [-0.05, 0) is 33.6 Å². The summed E-state index contributed by atoms with van der Waals surface area (Å²) in [5.74, 6) is -0.236. The number of carbonyl (C=O) groups is 2. The Morgan fingerprint density at radius 1 is 1.47 bits per heavy atom. The molecule has 0 aromatic rings. The molecule has 2 heterocycles. The highest BCUT2D eigenvalue weighted by molar-refractivity contribution is 6.30. The van der Waals surface area contributed by atoms with E-state index in [2.05, 4.69) is 0 Å². The molecule has 2 aliphatic heterocycles. The number of nitrogens with two attached hydrogens (primary N) is 1. The Balaban J connectivity index is 2.10. The normalized spacial score (nSPS) is 26.8. The molecule has 0 aromatic carbocycles. The van der Waals surface area contributed by atoms with Gasteiger partial charge in [-0.15, -0.1) is 0 Å². The number of allylic oxidation sites excluding steroid dienone is 1. The first kappa shape index (κ1) is 14.1. The van der Waals surface area contributed by atoms with Crippen LogP contribution in [0.2, 0.25) is 0 Å². The summed E-state index contributed by atoms with van der Waals surface area (Å²) in [7, 11) is 0. The Bertz CT molecular complexity index is 455. The van der Waals surface area contributed by atoms with Crippen LogP contribution in [-0.4, -0.2) is 34.6 Å². The molecule has 1 amide bonds. The molecule has 0 unspecified atom stereocenters. The van der Waals surface area contributed by atoms with Crippen molar-refractivity contribution in [1.82, 2.24) is 4.90 Å². The Kier molecular flexibility index (Phi) is 3.49. The molecular formula is C12H17ClN2O4. The molecule has 19 heavy (non-hydrogen) atoms. The third-order valence-corrected chi connectivity index (χ3v) is 3.30. The van der Waals surface area contributed by atoms with Crippen LogP contribution in [0.3, 0.4) is 0 Å². The number of ether oxygens (including phenoxy) is 2. The number of amides is 1. The highest BCUT2D eigenvalue weighted by Gasteiger charge is 2.50. The lowest BCUT2D eigenvalue weighted by Crippen LogP contribution is -2.69. The van der Waals surface area contributed by atoms with Crippen molar-refractivity contribution in [3.8, 4) is 0 Å². The Labute approximate surface area is 116 Å². The Morgan fingerprint density at radius 2 is 2.11 bits per heavy atom. The summed E-state index contributed by atoms with van der Waals surface area (Å²) in [6, 6.07) is -0.686. The van der Waals surface area contributed by atoms with Gasteiger partial charge in [-0.25, -0.2) is 4.79 Å². The van der Waals surface area contributed by atoms with Crippen LogP contribution in [0.15, 0.2) is 10.9 Å². The molecule has 1 fully saturated rings. The van der Waals surface area contributed by atoms with Gasteiger partial charge >= 0.3 is 6.16 Å². The lowest BCUT2D eigenvalue weighted by atomic mass is 9.89. The zero-order valence-electron chi connectivity index (χ0n) is 11.1. The van der Waals surface area contributed by atoms with Crippen molar-refractivity contribution in [2.45, 2.75) is 51.3 Å². The first-order valence-corrected chi connectivity index (χ1v) is 6.46. The predicted molar refractivity (Wildman–Crippen MR) is 68.0 cm³/mol. The maximum atomic E-state index is 11.7. The molecule has 2 atom stereocenters. The predicted octanol–water partition coefficient (Wildman–Crippen LogP) is 1.68. The van der Waals surface area contributed by atoms with E-state index in [4.69, 9.17) is 26.8 Å². The van der Waals surface area contributed by atoms with E-state index in [1.807, 2.05) is 0 Å². The lowest BCUT2D eigenvalue weighted by molar-refractivity contribution is -0.151. The van der Waals surface area contributed by atoms with Gasteiger partial charge in [0, 0.05) is 0 Å². The number of β-lactam (4-membered cyclic amide) rings is 1. The quantitative estimate of drug-likeness (QED) is 0.586.